The molecule has 0 radical (unpaired) electrons. The summed E-state index contributed by atoms with van der Waals surface area (Å²) in [5.41, 5.74) is 0.786. The van der Waals surface area contributed by atoms with Gasteiger partial charge in [-0.15, -0.1) is 0 Å². The van der Waals surface area contributed by atoms with Gasteiger partial charge in [0, 0.05) is 5.54 Å². The minimum atomic E-state index is -0.0735. The summed E-state index contributed by atoms with van der Waals surface area (Å²) in [6.45, 7) is 11.2. The zero-order valence-electron chi connectivity index (χ0n) is 13.5. The highest BCUT2D eigenvalue weighted by atomic mass is 16.5. The topological polar surface area (TPSA) is 38.3 Å². The van der Waals surface area contributed by atoms with Crippen LogP contribution in [0.2, 0.25) is 0 Å². The number of nitrogens with one attached hydrogen (secondary N) is 1. The number of para-hydroxylation sites is 1. The van der Waals surface area contributed by atoms with Crippen LogP contribution in [0.1, 0.15) is 51.4 Å². The molecule has 0 saturated heterocycles. The third kappa shape index (κ3) is 5.33. The fraction of sp³-hybridized carbons (Fsp3) is 0.588. The second kappa shape index (κ2) is 6.40. The molecule has 20 heavy (non-hydrogen) atoms. The number of ketones is 1. The number of hydrogen-bond acceptors (Lipinski definition) is 3. The van der Waals surface area contributed by atoms with E-state index in [1.165, 1.54) is 0 Å². The molecule has 0 saturated carbocycles. The minimum Gasteiger partial charge on any atom is -0.496 e. The van der Waals surface area contributed by atoms with Crippen molar-refractivity contribution in [1.29, 1.82) is 0 Å². The van der Waals surface area contributed by atoms with E-state index in [0.29, 0.717) is 17.9 Å². The van der Waals surface area contributed by atoms with E-state index in [2.05, 4.69) is 39.9 Å². The summed E-state index contributed by atoms with van der Waals surface area (Å²) in [7, 11) is 1.59. The van der Waals surface area contributed by atoms with E-state index in [1.54, 1.807) is 13.2 Å². The number of methoxy groups -OCH3 is 1. The molecule has 1 rings (SSSR count). The van der Waals surface area contributed by atoms with Gasteiger partial charge in [0.2, 0.25) is 0 Å². The fourth-order valence-electron chi connectivity index (χ4n) is 2.68. The Hall–Kier alpha value is -1.35. The van der Waals surface area contributed by atoms with Crippen molar-refractivity contribution in [3.8, 4) is 5.75 Å². The highest BCUT2D eigenvalue weighted by molar-refractivity contribution is 6.00. The van der Waals surface area contributed by atoms with Crippen LogP contribution in [0.3, 0.4) is 0 Å². The van der Waals surface area contributed by atoms with Crippen molar-refractivity contribution in [2.45, 2.75) is 46.6 Å². The first-order chi connectivity index (χ1) is 9.14. The summed E-state index contributed by atoms with van der Waals surface area (Å²) >= 11 is 0. The fourth-order valence-corrected chi connectivity index (χ4v) is 2.68. The lowest BCUT2D eigenvalue weighted by Crippen LogP contribution is -2.44. The Morgan fingerprint density at radius 3 is 2.30 bits per heavy atom. The maximum absolute atomic E-state index is 12.3. The van der Waals surface area contributed by atoms with Gasteiger partial charge in [-0.2, -0.15) is 0 Å². The van der Waals surface area contributed by atoms with Gasteiger partial charge in [-0.25, -0.2) is 0 Å². The van der Waals surface area contributed by atoms with E-state index in [4.69, 9.17) is 4.74 Å². The average Bonchev–Trinajstić information content (AvgIpc) is 2.33. The second-order valence-electron chi connectivity index (χ2n) is 7.10. The first kappa shape index (κ1) is 16.7. The number of Topliss-reactive ketones (excluding diaryl/α,β-unsaturated/α-hetero) is 1. The summed E-state index contributed by atoms with van der Waals surface area (Å²) in [5, 5.41) is 3.36. The lowest BCUT2D eigenvalue weighted by Gasteiger charge is -2.33. The van der Waals surface area contributed by atoms with Crippen molar-refractivity contribution in [2.24, 2.45) is 5.41 Å². The molecule has 112 valence electrons. The Balaban J connectivity index is 2.68. The monoisotopic (exact) mass is 277 g/mol. The molecule has 0 amide bonds. The first-order valence-corrected chi connectivity index (χ1v) is 7.06. The highest BCUT2D eigenvalue weighted by Gasteiger charge is 2.26. The quantitative estimate of drug-likeness (QED) is 0.806. The predicted octanol–water partition coefficient (Wildman–Crippen LogP) is 3.68. The van der Waals surface area contributed by atoms with Crippen LogP contribution in [-0.2, 0) is 0 Å². The largest absolute Gasteiger partial charge is 0.496 e. The van der Waals surface area contributed by atoms with Crippen LogP contribution < -0.4 is 10.1 Å². The van der Waals surface area contributed by atoms with Crippen LogP contribution in [-0.4, -0.2) is 25.0 Å². The van der Waals surface area contributed by atoms with Gasteiger partial charge < -0.3 is 10.1 Å². The predicted molar refractivity (Wildman–Crippen MR) is 83.5 cm³/mol. The van der Waals surface area contributed by atoms with E-state index in [-0.39, 0.29) is 16.7 Å². The number of benzene rings is 1. The van der Waals surface area contributed by atoms with Gasteiger partial charge in [-0.05, 0) is 37.8 Å². The van der Waals surface area contributed by atoms with E-state index in [1.807, 2.05) is 18.2 Å². The molecule has 1 aromatic carbocycles. The minimum absolute atomic E-state index is 0.0597. The maximum atomic E-state index is 12.3. The third-order valence-corrected chi connectivity index (χ3v) is 3.11. The standard InChI is InChI=1S/C17H27NO2/c1-16(2,3)12-17(4,5)18-11-14(19)13-9-7-8-10-15(13)20-6/h7-10,18H,11-12H2,1-6H3. The molecule has 0 fully saturated rings. The summed E-state index contributed by atoms with van der Waals surface area (Å²) in [4.78, 5) is 12.3. The number of hydrogen-bond donors (Lipinski definition) is 1. The van der Waals surface area contributed by atoms with Crippen LogP contribution in [0, 0.1) is 5.41 Å². The summed E-state index contributed by atoms with van der Waals surface area (Å²) in [6.07, 6.45) is 0.999. The van der Waals surface area contributed by atoms with Crippen LogP contribution in [0.15, 0.2) is 24.3 Å². The molecule has 3 heteroatoms. The van der Waals surface area contributed by atoms with Crippen LogP contribution in [0.25, 0.3) is 0 Å². The molecule has 1 aromatic rings. The van der Waals surface area contributed by atoms with Crippen molar-refractivity contribution in [3.05, 3.63) is 29.8 Å². The molecule has 3 nitrogen and oxygen atoms in total. The third-order valence-electron chi connectivity index (χ3n) is 3.11. The molecule has 1 N–H and O–H groups in total. The van der Waals surface area contributed by atoms with Crippen LogP contribution >= 0.6 is 0 Å². The molecule has 0 aliphatic rings. The molecule has 0 atom stereocenters. The Labute approximate surface area is 122 Å². The zero-order valence-corrected chi connectivity index (χ0v) is 13.5. The van der Waals surface area contributed by atoms with Crippen molar-refractivity contribution >= 4 is 5.78 Å². The molecular weight excluding hydrogens is 250 g/mol. The van der Waals surface area contributed by atoms with Gasteiger partial charge in [0.25, 0.3) is 0 Å². The second-order valence-corrected chi connectivity index (χ2v) is 7.10. The zero-order chi connectivity index (χ0) is 15.4. The van der Waals surface area contributed by atoms with E-state index in [9.17, 15) is 4.79 Å². The number of carbonyl (C=O) groups excluding carboxylic acids is 1. The maximum Gasteiger partial charge on any atom is 0.180 e. The van der Waals surface area contributed by atoms with Crippen molar-refractivity contribution in [2.75, 3.05) is 13.7 Å². The van der Waals surface area contributed by atoms with Gasteiger partial charge in [0.1, 0.15) is 5.75 Å². The SMILES string of the molecule is COc1ccccc1C(=O)CNC(C)(C)CC(C)(C)C. The lowest BCUT2D eigenvalue weighted by molar-refractivity contribution is 0.0970. The van der Waals surface area contributed by atoms with Gasteiger partial charge in [-0.3, -0.25) is 4.79 Å². The molecule has 0 aromatic heterocycles. The van der Waals surface area contributed by atoms with Gasteiger partial charge in [0.15, 0.2) is 5.78 Å². The van der Waals surface area contributed by atoms with Gasteiger partial charge in [0.05, 0.1) is 19.2 Å². The Morgan fingerprint density at radius 1 is 1.15 bits per heavy atom. The first-order valence-electron chi connectivity index (χ1n) is 7.06. The van der Waals surface area contributed by atoms with Gasteiger partial charge in [-0.1, -0.05) is 32.9 Å². The van der Waals surface area contributed by atoms with Gasteiger partial charge >= 0.3 is 0 Å². The Kier molecular flexibility index (Phi) is 5.35. The molecule has 0 spiro atoms. The van der Waals surface area contributed by atoms with Crippen molar-refractivity contribution < 1.29 is 9.53 Å². The molecule has 0 bridgehead atoms. The number of ether oxygens (including phenoxy) is 1. The van der Waals surface area contributed by atoms with E-state index in [0.717, 1.165) is 6.42 Å². The highest BCUT2D eigenvalue weighted by Crippen LogP contribution is 2.27. The lowest BCUT2D eigenvalue weighted by atomic mass is 9.82. The molecular formula is C17H27NO2. The van der Waals surface area contributed by atoms with E-state index >= 15 is 0 Å². The van der Waals surface area contributed by atoms with Crippen molar-refractivity contribution in [1.82, 2.24) is 5.32 Å². The smallest absolute Gasteiger partial charge is 0.180 e. The molecule has 0 unspecified atom stereocenters. The summed E-state index contributed by atoms with van der Waals surface area (Å²) < 4.78 is 5.23. The molecule has 0 aliphatic carbocycles. The summed E-state index contributed by atoms with van der Waals surface area (Å²) in [6, 6.07) is 7.34. The van der Waals surface area contributed by atoms with Crippen LogP contribution in [0.5, 0.6) is 5.75 Å². The van der Waals surface area contributed by atoms with Crippen LogP contribution in [0.4, 0.5) is 0 Å². The van der Waals surface area contributed by atoms with Crippen molar-refractivity contribution in [3.63, 3.8) is 0 Å². The molecule has 0 heterocycles. The number of carbonyl (C=O) groups is 1. The normalized spacial score (nSPS) is 12.3. The number of rotatable bonds is 6. The van der Waals surface area contributed by atoms with E-state index < -0.39 is 0 Å². The Bertz CT molecular complexity index is 458. The average molecular weight is 277 g/mol. The summed E-state index contributed by atoms with van der Waals surface area (Å²) in [5.74, 6) is 0.692. The molecule has 0 aliphatic heterocycles. The Morgan fingerprint density at radius 2 is 1.75 bits per heavy atom.